The van der Waals surface area contributed by atoms with Gasteiger partial charge < -0.3 is 19.3 Å². The van der Waals surface area contributed by atoms with Gasteiger partial charge in [-0.1, -0.05) is 0 Å². The van der Waals surface area contributed by atoms with E-state index in [2.05, 4.69) is 10.2 Å². The number of aliphatic carboxylic acids is 1. The molecule has 0 spiro atoms. The number of methoxy groups -OCH3 is 1. The molecule has 0 saturated carbocycles. The van der Waals surface area contributed by atoms with Crippen molar-refractivity contribution < 1.29 is 19.4 Å². The maximum absolute atomic E-state index is 13.0. The summed E-state index contributed by atoms with van der Waals surface area (Å²) in [7, 11) is 1.58. The molecule has 1 aliphatic rings. The van der Waals surface area contributed by atoms with Gasteiger partial charge in [-0.3, -0.25) is 4.79 Å². The number of rotatable bonds is 3. The fraction of sp³-hybridized carbons (Fsp3) is 0.412. The second-order valence-electron chi connectivity index (χ2n) is 6.20. The van der Waals surface area contributed by atoms with E-state index in [9.17, 15) is 14.7 Å². The zero-order valence-corrected chi connectivity index (χ0v) is 14.6. The van der Waals surface area contributed by atoms with Crippen LogP contribution in [0.2, 0.25) is 0 Å². The van der Waals surface area contributed by atoms with Crippen molar-refractivity contribution in [3.05, 3.63) is 40.5 Å². The summed E-state index contributed by atoms with van der Waals surface area (Å²) in [4.78, 5) is 26.0. The van der Waals surface area contributed by atoms with Crippen LogP contribution in [0.15, 0.2) is 12.1 Å². The molecule has 0 radical (unpaired) electrons. The fourth-order valence-electron chi connectivity index (χ4n) is 3.30. The third kappa shape index (κ3) is 2.84. The molecule has 2 aromatic rings. The third-order valence-corrected chi connectivity index (χ3v) is 4.51. The van der Waals surface area contributed by atoms with Gasteiger partial charge in [0.2, 0.25) is 0 Å². The van der Waals surface area contributed by atoms with Crippen LogP contribution in [0.3, 0.4) is 0 Å². The Kier molecular flexibility index (Phi) is 4.20. The molecule has 25 heavy (non-hydrogen) atoms. The lowest BCUT2D eigenvalue weighted by Crippen LogP contribution is -2.50. The summed E-state index contributed by atoms with van der Waals surface area (Å²) in [6.07, 6.45) is 0. The first-order valence-corrected chi connectivity index (χ1v) is 7.91. The Bertz CT molecular complexity index is 835. The highest BCUT2D eigenvalue weighted by Gasteiger charge is 2.37. The van der Waals surface area contributed by atoms with Gasteiger partial charge in [-0.15, -0.1) is 10.2 Å². The van der Waals surface area contributed by atoms with Crippen LogP contribution < -0.4 is 4.74 Å². The number of aromatic nitrogens is 3. The van der Waals surface area contributed by atoms with E-state index in [4.69, 9.17) is 4.74 Å². The topological polar surface area (TPSA) is 97.5 Å². The smallest absolute Gasteiger partial charge is 0.328 e. The molecule has 3 rings (SSSR count). The van der Waals surface area contributed by atoms with E-state index < -0.39 is 12.0 Å². The summed E-state index contributed by atoms with van der Waals surface area (Å²) >= 11 is 0. The molecule has 0 saturated heterocycles. The molecule has 132 valence electrons. The number of ether oxygens (including phenoxy) is 1. The summed E-state index contributed by atoms with van der Waals surface area (Å²) in [5.41, 5.74) is 2.09. The van der Waals surface area contributed by atoms with E-state index in [1.54, 1.807) is 30.7 Å². The number of hydrogen-bond donors (Lipinski definition) is 1. The highest BCUT2D eigenvalue weighted by Crippen LogP contribution is 2.27. The molecular weight excluding hydrogens is 324 g/mol. The Morgan fingerprint density at radius 2 is 1.84 bits per heavy atom. The summed E-state index contributed by atoms with van der Waals surface area (Å²) < 4.78 is 7.07. The van der Waals surface area contributed by atoms with Gasteiger partial charge >= 0.3 is 5.97 Å². The van der Waals surface area contributed by atoms with Crippen molar-refractivity contribution in [1.29, 1.82) is 0 Å². The van der Waals surface area contributed by atoms with Gasteiger partial charge in [0.1, 0.15) is 17.6 Å². The zero-order chi connectivity index (χ0) is 18.3. The molecule has 8 nitrogen and oxygen atoms in total. The number of carbonyl (C=O) groups excluding carboxylic acids is 1. The van der Waals surface area contributed by atoms with Crippen molar-refractivity contribution in [2.45, 2.75) is 39.9 Å². The minimum Gasteiger partial charge on any atom is -0.496 e. The van der Waals surface area contributed by atoms with Gasteiger partial charge in [0, 0.05) is 5.56 Å². The molecule has 0 aliphatic carbocycles. The van der Waals surface area contributed by atoms with Gasteiger partial charge in [-0.2, -0.15) is 0 Å². The first kappa shape index (κ1) is 16.9. The van der Waals surface area contributed by atoms with Crippen LogP contribution in [0, 0.1) is 20.8 Å². The molecule has 1 N–H and O–H groups in total. The van der Waals surface area contributed by atoms with Crippen molar-refractivity contribution in [2.24, 2.45) is 0 Å². The van der Waals surface area contributed by atoms with E-state index in [0.29, 0.717) is 17.2 Å². The van der Waals surface area contributed by atoms with Crippen molar-refractivity contribution in [3.8, 4) is 5.75 Å². The average Bonchev–Trinajstić information content (AvgIpc) is 2.93. The van der Waals surface area contributed by atoms with E-state index >= 15 is 0 Å². The number of benzene rings is 1. The van der Waals surface area contributed by atoms with E-state index in [-0.39, 0.29) is 19.0 Å². The zero-order valence-electron chi connectivity index (χ0n) is 14.6. The quantitative estimate of drug-likeness (QED) is 0.902. The molecule has 1 aromatic carbocycles. The van der Waals surface area contributed by atoms with Crippen molar-refractivity contribution in [1.82, 2.24) is 19.7 Å². The number of aryl methyl sites for hydroxylation is 3. The first-order valence-electron chi connectivity index (χ1n) is 7.91. The second kappa shape index (κ2) is 6.19. The Hall–Kier alpha value is -2.90. The van der Waals surface area contributed by atoms with Crippen LogP contribution in [0.1, 0.15) is 33.1 Å². The third-order valence-electron chi connectivity index (χ3n) is 4.51. The molecule has 0 bridgehead atoms. The molecule has 2 heterocycles. The predicted octanol–water partition coefficient (Wildman–Crippen LogP) is 1.32. The van der Waals surface area contributed by atoms with Gasteiger partial charge in [-0.05, 0) is 44.0 Å². The average molecular weight is 344 g/mol. The van der Waals surface area contributed by atoms with Crippen molar-refractivity contribution in [3.63, 3.8) is 0 Å². The van der Waals surface area contributed by atoms with Crippen LogP contribution in [-0.4, -0.2) is 49.8 Å². The lowest BCUT2D eigenvalue weighted by atomic mass is 10.0. The maximum Gasteiger partial charge on any atom is 0.328 e. The minimum atomic E-state index is -1.05. The largest absolute Gasteiger partial charge is 0.496 e. The summed E-state index contributed by atoms with van der Waals surface area (Å²) in [5, 5.41) is 17.6. The van der Waals surface area contributed by atoms with Gasteiger partial charge in [0.25, 0.3) is 5.91 Å². The standard InChI is InChI=1S/C17H20N4O4/c1-9-5-12(6-10(2)15(9)25-4)16(22)21-8-14-19-18-11(3)20(14)7-13(21)17(23)24/h5-6,13H,7-8H2,1-4H3,(H,23,24). The highest BCUT2D eigenvalue weighted by molar-refractivity contribution is 5.97. The van der Waals surface area contributed by atoms with Gasteiger partial charge in [0.05, 0.1) is 20.2 Å². The molecule has 8 heteroatoms. The lowest BCUT2D eigenvalue weighted by Gasteiger charge is -2.33. The van der Waals surface area contributed by atoms with Crippen LogP contribution in [0.5, 0.6) is 5.75 Å². The van der Waals surface area contributed by atoms with E-state index in [1.807, 2.05) is 13.8 Å². The lowest BCUT2D eigenvalue weighted by molar-refractivity contribution is -0.143. The fourth-order valence-corrected chi connectivity index (χ4v) is 3.30. The molecule has 1 aliphatic heterocycles. The number of fused-ring (bicyclic) bond motifs is 1. The molecule has 1 amide bonds. The Balaban J connectivity index is 1.99. The van der Waals surface area contributed by atoms with Gasteiger partial charge in [-0.25, -0.2) is 4.79 Å². The normalized spacial score (nSPS) is 16.5. The van der Waals surface area contributed by atoms with E-state index in [1.165, 1.54) is 4.90 Å². The molecule has 1 atom stereocenters. The Labute approximate surface area is 145 Å². The first-order chi connectivity index (χ1) is 11.8. The second-order valence-corrected chi connectivity index (χ2v) is 6.20. The number of amides is 1. The van der Waals surface area contributed by atoms with Crippen molar-refractivity contribution >= 4 is 11.9 Å². The Morgan fingerprint density at radius 3 is 2.40 bits per heavy atom. The van der Waals surface area contributed by atoms with Crippen LogP contribution in [-0.2, 0) is 17.9 Å². The van der Waals surface area contributed by atoms with Crippen molar-refractivity contribution in [2.75, 3.05) is 7.11 Å². The molecule has 0 fully saturated rings. The highest BCUT2D eigenvalue weighted by atomic mass is 16.5. The molecule has 1 aromatic heterocycles. The number of hydrogen-bond acceptors (Lipinski definition) is 5. The Morgan fingerprint density at radius 1 is 1.20 bits per heavy atom. The number of nitrogens with zero attached hydrogens (tertiary/aromatic N) is 4. The molecular formula is C17H20N4O4. The minimum absolute atomic E-state index is 0.112. The summed E-state index contributed by atoms with van der Waals surface area (Å²) in [5.74, 6) is 0.567. The monoisotopic (exact) mass is 344 g/mol. The number of carboxylic acid groups (broad SMARTS) is 1. The SMILES string of the molecule is COc1c(C)cc(C(=O)N2Cc3nnc(C)n3CC2C(=O)O)cc1C. The number of carbonyl (C=O) groups is 2. The van der Waals surface area contributed by atoms with Crippen LogP contribution in [0.4, 0.5) is 0 Å². The summed E-state index contributed by atoms with van der Waals surface area (Å²) in [6, 6.07) is 2.48. The van der Waals surface area contributed by atoms with E-state index in [0.717, 1.165) is 16.9 Å². The predicted molar refractivity (Wildman–Crippen MR) is 88.5 cm³/mol. The van der Waals surface area contributed by atoms with Crippen LogP contribution >= 0.6 is 0 Å². The molecule has 1 unspecified atom stereocenters. The maximum atomic E-state index is 13.0. The summed E-state index contributed by atoms with van der Waals surface area (Å²) in [6.45, 7) is 5.73. The van der Waals surface area contributed by atoms with Crippen LogP contribution in [0.25, 0.3) is 0 Å². The number of carboxylic acids is 1. The van der Waals surface area contributed by atoms with Gasteiger partial charge in [0.15, 0.2) is 5.82 Å².